The Kier molecular flexibility index (Phi) is 4.04. The first-order valence-corrected chi connectivity index (χ1v) is 8.61. The number of rotatable bonds is 8. The van der Waals surface area contributed by atoms with Crippen LogP contribution in [0.5, 0.6) is 0 Å². The predicted octanol–water partition coefficient (Wildman–Crippen LogP) is 2.37. The molecular weight excluding hydrogens is 262 g/mol. The second-order valence-electron chi connectivity index (χ2n) is 5.84. The quantitative estimate of drug-likeness (QED) is 0.550. The van der Waals surface area contributed by atoms with Crippen molar-refractivity contribution < 1.29 is 13.2 Å². The van der Waals surface area contributed by atoms with Crippen LogP contribution >= 0.6 is 0 Å². The van der Waals surface area contributed by atoms with Crippen molar-refractivity contribution in [2.45, 2.75) is 56.6 Å². The minimum Gasteiger partial charge on any atom is -0.274 e. The van der Waals surface area contributed by atoms with Crippen LogP contribution in [0.1, 0.15) is 51.9 Å². The summed E-state index contributed by atoms with van der Waals surface area (Å²) in [5, 5.41) is 0. The molecule has 2 rings (SSSR count). The number of nitrogens with one attached hydrogen (secondary N) is 1. The van der Waals surface area contributed by atoms with Crippen LogP contribution in [0.25, 0.3) is 0 Å². The summed E-state index contributed by atoms with van der Waals surface area (Å²) in [6, 6.07) is 0. The number of carbonyl (C=O) groups excluding carboxylic acids is 1. The van der Waals surface area contributed by atoms with Gasteiger partial charge in [-0.05, 0) is 44.4 Å². The molecule has 0 aromatic rings. The summed E-state index contributed by atoms with van der Waals surface area (Å²) in [5.41, 5.74) is 0. The lowest BCUT2D eigenvalue weighted by Crippen LogP contribution is -2.40. The summed E-state index contributed by atoms with van der Waals surface area (Å²) in [4.78, 5) is 11.9. The number of sulfonamides is 1. The van der Waals surface area contributed by atoms with Crippen LogP contribution in [0.15, 0.2) is 12.7 Å². The summed E-state index contributed by atoms with van der Waals surface area (Å²) >= 11 is 0. The molecule has 19 heavy (non-hydrogen) atoms. The Morgan fingerprint density at radius 3 is 2.63 bits per heavy atom. The minimum atomic E-state index is -3.50. The molecule has 4 nitrogen and oxygen atoms in total. The highest BCUT2D eigenvalue weighted by atomic mass is 32.2. The van der Waals surface area contributed by atoms with Gasteiger partial charge in [-0.3, -0.25) is 9.52 Å². The Bertz CT molecular complexity index is 465. The minimum absolute atomic E-state index is 0.0799. The van der Waals surface area contributed by atoms with Gasteiger partial charge in [-0.1, -0.05) is 19.4 Å². The van der Waals surface area contributed by atoms with Gasteiger partial charge in [-0.2, -0.15) is 0 Å². The normalized spacial score (nSPS) is 27.6. The highest BCUT2D eigenvalue weighted by Gasteiger charge is 2.55. The molecule has 2 aliphatic carbocycles. The fraction of sp³-hybridized carbons (Fsp3) is 0.786. The van der Waals surface area contributed by atoms with Gasteiger partial charge in [0, 0.05) is 5.92 Å². The van der Waals surface area contributed by atoms with E-state index < -0.39 is 14.8 Å². The molecule has 0 bridgehead atoms. The van der Waals surface area contributed by atoms with E-state index in [1.165, 1.54) is 0 Å². The summed E-state index contributed by atoms with van der Waals surface area (Å²) in [6.45, 7) is 5.67. The van der Waals surface area contributed by atoms with E-state index in [-0.39, 0.29) is 11.8 Å². The van der Waals surface area contributed by atoms with E-state index in [0.717, 1.165) is 25.7 Å². The maximum atomic E-state index is 12.3. The predicted molar refractivity (Wildman–Crippen MR) is 75.0 cm³/mol. The lowest BCUT2D eigenvalue weighted by Gasteiger charge is -2.16. The third-order valence-electron chi connectivity index (χ3n) is 4.44. The largest absolute Gasteiger partial charge is 0.274 e. The first-order chi connectivity index (χ1) is 8.96. The van der Waals surface area contributed by atoms with Crippen molar-refractivity contribution in [3.05, 3.63) is 12.7 Å². The molecule has 0 saturated heterocycles. The Hall–Kier alpha value is -0.840. The number of unbranched alkanes of at least 4 members (excludes halogenated alkanes) is 1. The first kappa shape index (κ1) is 14.6. The number of carbonyl (C=O) groups is 1. The van der Waals surface area contributed by atoms with Crippen molar-refractivity contribution in [1.82, 2.24) is 4.72 Å². The molecule has 2 aliphatic rings. The number of amides is 1. The van der Waals surface area contributed by atoms with Gasteiger partial charge in [-0.15, -0.1) is 6.58 Å². The molecule has 1 N–H and O–H groups in total. The second-order valence-corrected chi connectivity index (χ2v) is 7.92. The monoisotopic (exact) mass is 285 g/mol. The maximum absolute atomic E-state index is 12.3. The molecule has 1 amide bonds. The van der Waals surface area contributed by atoms with Crippen LogP contribution in [-0.4, -0.2) is 19.1 Å². The molecule has 0 heterocycles. The van der Waals surface area contributed by atoms with Crippen LogP contribution in [0.3, 0.4) is 0 Å². The summed E-state index contributed by atoms with van der Waals surface area (Å²) in [6.07, 6.45) is 7.21. The van der Waals surface area contributed by atoms with E-state index in [4.69, 9.17) is 0 Å². The van der Waals surface area contributed by atoms with E-state index >= 15 is 0 Å². The summed E-state index contributed by atoms with van der Waals surface area (Å²) < 4.78 is 26.2. The highest BCUT2D eigenvalue weighted by molar-refractivity contribution is 7.91. The summed E-state index contributed by atoms with van der Waals surface area (Å²) in [7, 11) is -3.50. The maximum Gasteiger partial charge on any atom is 0.240 e. The summed E-state index contributed by atoms with van der Waals surface area (Å²) in [5.74, 6) is 0.0108. The topological polar surface area (TPSA) is 63.2 Å². The van der Waals surface area contributed by atoms with E-state index in [1.54, 1.807) is 6.08 Å². The average Bonchev–Trinajstić information content (AvgIpc) is 3.23. The van der Waals surface area contributed by atoms with Crippen molar-refractivity contribution in [2.24, 2.45) is 11.8 Å². The van der Waals surface area contributed by atoms with Gasteiger partial charge in [0.2, 0.25) is 15.9 Å². The molecule has 2 saturated carbocycles. The van der Waals surface area contributed by atoms with Crippen molar-refractivity contribution in [1.29, 1.82) is 0 Å². The average molecular weight is 285 g/mol. The van der Waals surface area contributed by atoms with Crippen LogP contribution < -0.4 is 4.72 Å². The van der Waals surface area contributed by atoms with Crippen molar-refractivity contribution in [3.8, 4) is 0 Å². The Labute approximate surface area is 115 Å². The van der Waals surface area contributed by atoms with E-state index in [2.05, 4.69) is 11.3 Å². The van der Waals surface area contributed by atoms with E-state index in [9.17, 15) is 13.2 Å². The van der Waals surface area contributed by atoms with Crippen molar-refractivity contribution >= 4 is 15.9 Å². The zero-order valence-electron chi connectivity index (χ0n) is 11.5. The van der Waals surface area contributed by atoms with Gasteiger partial charge < -0.3 is 0 Å². The van der Waals surface area contributed by atoms with Gasteiger partial charge in [-0.25, -0.2) is 8.42 Å². The first-order valence-electron chi connectivity index (χ1n) is 7.13. The second kappa shape index (κ2) is 5.27. The number of hydrogen-bond donors (Lipinski definition) is 1. The van der Waals surface area contributed by atoms with Crippen LogP contribution in [0.2, 0.25) is 0 Å². The molecule has 0 radical (unpaired) electrons. The molecule has 0 aromatic heterocycles. The SMILES string of the molecule is C=CCCCC1(S(=O)(=O)NC(=O)[C@H]2C[C@H]2CC)CC1. The zero-order valence-corrected chi connectivity index (χ0v) is 12.3. The van der Waals surface area contributed by atoms with Crippen LogP contribution in [-0.2, 0) is 14.8 Å². The smallest absolute Gasteiger partial charge is 0.240 e. The molecule has 108 valence electrons. The van der Waals surface area contributed by atoms with Gasteiger partial charge in [0.15, 0.2) is 0 Å². The molecular formula is C14H23NO3S. The fourth-order valence-corrected chi connectivity index (χ4v) is 4.38. The highest BCUT2D eigenvalue weighted by Crippen LogP contribution is 2.48. The molecule has 2 fully saturated rings. The molecule has 0 aromatic carbocycles. The standard InChI is InChI=1S/C14H23NO3S/c1-3-5-6-7-14(8-9-14)19(17,18)15-13(16)12-10-11(12)4-2/h3,11-12H,1,4-10H2,2H3,(H,15,16)/t11-,12+/m1/s1. The number of hydrogen-bond acceptors (Lipinski definition) is 3. The Morgan fingerprint density at radius 2 is 2.16 bits per heavy atom. The third kappa shape index (κ3) is 3.02. The molecule has 0 unspecified atom stereocenters. The van der Waals surface area contributed by atoms with Crippen LogP contribution in [0.4, 0.5) is 0 Å². The van der Waals surface area contributed by atoms with Crippen LogP contribution in [0, 0.1) is 11.8 Å². The number of allylic oxidation sites excluding steroid dienone is 1. The third-order valence-corrected chi connectivity index (χ3v) is 6.66. The van der Waals surface area contributed by atoms with Gasteiger partial charge >= 0.3 is 0 Å². The van der Waals surface area contributed by atoms with Crippen molar-refractivity contribution in [2.75, 3.05) is 0 Å². The Morgan fingerprint density at radius 1 is 1.47 bits per heavy atom. The van der Waals surface area contributed by atoms with E-state index in [1.807, 2.05) is 6.92 Å². The van der Waals surface area contributed by atoms with Gasteiger partial charge in [0.1, 0.15) is 0 Å². The lowest BCUT2D eigenvalue weighted by molar-refractivity contribution is -0.120. The lowest BCUT2D eigenvalue weighted by atomic mass is 10.2. The Balaban J connectivity index is 1.91. The molecule has 0 spiro atoms. The molecule has 5 heteroatoms. The van der Waals surface area contributed by atoms with Gasteiger partial charge in [0.05, 0.1) is 4.75 Å². The molecule has 0 aliphatic heterocycles. The van der Waals surface area contributed by atoms with Gasteiger partial charge in [0.25, 0.3) is 0 Å². The fourth-order valence-electron chi connectivity index (χ4n) is 2.70. The molecule has 2 atom stereocenters. The van der Waals surface area contributed by atoms with E-state index in [0.29, 0.717) is 25.2 Å². The van der Waals surface area contributed by atoms with Crippen molar-refractivity contribution in [3.63, 3.8) is 0 Å². The zero-order chi connectivity index (χ0) is 14.1.